The predicted octanol–water partition coefficient (Wildman–Crippen LogP) is 3.48. The first-order chi connectivity index (χ1) is 9.10. The lowest BCUT2D eigenvalue weighted by atomic mass is 10.1. The number of benzene rings is 1. The number of hydrogen-bond acceptors (Lipinski definition) is 4. The van der Waals surface area contributed by atoms with Crippen molar-refractivity contribution in [2.45, 2.75) is 18.0 Å². The van der Waals surface area contributed by atoms with Gasteiger partial charge in [-0.3, -0.25) is 0 Å². The second-order valence-corrected chi connectivity index (χ2v) is 7.24. The summed E-state index contributed by atoms with van der Waals surface area (Å²) >= 11 is 1.47. The molecule has 0 bridgehead atoms. The molecular formula is C12H12F3NO2S2. The summed E-state index contributed by atoms with van der Waals surface area (Å²) in [6.45, 7) is 1.79. The van der Waals surface area contributed by atoms with Crippen molar-refractivity contribution in [3.63, 3.8) is 0 Å². The van der Waals surface area contributed by atoms with Crippen LogP contribution in [0, 0.1) is 0 Å². The first kappa shape index (κ1) is 15.2. The molecule has 0 saturated heterocycles. The van der Waals surface area contributed by atoms with Gasteiger partial charge in [0.1, 0.15) is 0 Å². The molecule has 20 heavy (non-hydrogen) atoms. The van der Waals surface area contributed by atoms with Gasteiger partial charge in [0.25, 0.3) is 0 Å². The van der Waals surface area contributed by atoms with Gasteiger partial charge < -0.3 is 4.90 Å². The van der Waals surface area contributed by atoms with E-state index in [2.05, 4.69) is 0 Å². The van der Waals surface area contributed by atoms with Crippen LogP contribution in [0.3, 0.4) is 0 Å². The fraction of sp³-hybridized carbons (Fsp3) is 0.333. The van der Waals surface area contributed by atoms with Crippen molar-refractivity contribution in [3.8, 4) is 0 Å². The highest BCUT2D eigenvalue weighted by Gasteiger charge is 2.36. The van der Waals surface area contributed by atoms with Gasteiger partial charge in [-0.15, -0.1) is 11.8 Å². The number of anilines is 1. The van der Waals surface area contributed by atoms with Crippen LogP contribution in [-0.2, 0) is 16.0 Å². The summed E-state index contributed by atoms with van der Waals surface area (Å²) in [5.41, 5.74) is 0.0425. The van der Waals surface area contributed by atoms with Gasteiger partial charge in [-0.25, -0.2) is 8.42 Å². The maximum Gasteiger partial charge on any atom is 0.417 e. The van der Waals surface area contributed by atoms with E-state index in [1.165, 1.54) is 17.8 Å². The topological polar surface area (TPSA) is 37.4 Å². The van der Waals surface area contributed by atoms with Gasteiger partial charge in [0.05, 0.1) is 16.3 Å². The SMILES string of the molecule is CC1=CSCN1c1ccc(S(C)(=O)=O)c(C(F)(F)F)c1. The fourth-order valence-electron chi connectivity index (χ4n) is 1.91. The van der Waals surface area contributed by atoms with Crippen molar-refractivity contribution in [2.24, 2.45) is 0 Å². The largest absolute Gasteiger partial charge is 0.417 e. The smallest absolute Gasteiger partial charge is 0.335 e. The third-order valence-electron chi connectivity index (χ3n) is 2.86. The summed E-state index contributed by atoms with van der Waals surface area (Å²) in [7, 11) is -3.93. The van der Waals surface area contributed by atoms with E-state index >= 15 is 0 Å². The predicted molar refractivity (Wildman–Crippen MR) is 73.2 cm³/mol. The molecule has 1 aromatic rings. The van der Waals surface area contributed by atoms with Crippen LogP contribution in [0.1, 0.15) is 12.5 Å². The highest BCUT2D eigenvalue weighted by molar-refractivity contribution is 8.02. The molecule has 0 amide bonds. The summed E-state index contributed by atoms with van der Waals surface area (Å²) in [6, 6.07) is 3.30. The standard InChI is InChI=1S/C12H12F3NO2S2/c1-8-6-19-7-16(8)9-3-4-11(20(2,17)18)10(5-9)12(13,14)15/h3-6H,7H2,1-2H3. The Morgan fingerprint density at radius 2 is 1.95 bits per heavy atom. The summed E-state index contributed by atoms with van der Waals surface area (Å²) in [5, 5.41) is 1.84. The Kier molecular flexibility index (Phi) is 3.81. The Morgan fingerprint density at radius 1 is 1.30 bits per heavy atom. The second-order valence-electron chi connectivity index (χ2n) is 4.43. The van der Waals surface area contributed by atoms with Crippen molar-refractivity contribution in [1.82, 2.24) is 0 Å². The monoisotopic (exact) mass is 323 g/mol. The number of alkyl halides is 3. The Balaban J connectivity index is 2.58. The molecule has 0 aromatic heterocycles. The van der Waals surface area contributed by atoms with Gasteiger partial charge in [-0.1, -0.05) is 0 Å². The highest BCUT2D eigenvalue weighted by Crippen LogP contribution is 2.38. The molecule has 0 saturated carbocycles. The lowest BCUT2D eigenvalue weighted by molar-refractivity contribution is -0.139. The number of allylic oxidation sites excluding steroid dienone is 1. The van der Waals surface area contributed by atoms with Gasteiger partial charge in [-0.2, -0.15) is 13.2 Å². The molecule has 0 N–H and O–H groups in total. The van der Waals surface area contributed by atoms with E-state index in [1.54, 1.807) is 11.8 Å². The van der Waals surface area contributed by atoms with E-state index in [-0.39, 0.29) is 0 Å². The molecule has 1 aliphatic rings. The quantitative estimate of drug-likeness (QED) is 0.835. The molecule has 110 valence electrons. The molecule has 1 aliphatic heterocycles. The third kappa shape index (κ3) is 2.95. The van der Waals surface area contributed by atoms with Crippen molar-refractivity contribution >= 4 is 27.3 Å². The Hall–Kier alpha value is -1.15. The lowest BCUT2D eigenvalue weighted by Crippen LogP contribution is -2.18. The van der Waals surface area contributed by atoms with Crippen LogP contribution in [0.25, 0.3) is 0 Å². The van der Waals surface area contributed by atoms with Crippen molar-refractivity contribution in [2.75, 3.05) is 17.0 Å². The summed E-state index contributed by atoms with van der Waals surface area (Å²) in [5.74, 6) is 0.515. The maximum atomic E-state index is 13.0. The minimum atomic E-state index is -4.71. The normalized spacial score (nSPS) is 16.4. The van der Waals surface area contributed by atoms with Crippen LogP contribution in [0.5, 0.6) is 0 Å². The molecule has 3 nitrogen and oxygen atoms in total. The van der Waals surface area contributed by atoms with E-state index in [9.17, 15) is 21.6 Å². The van der Waals surface area contributed by atoms with Gasteiger partial charge >= 0.3 is 6.18 Å². The van der Waals surface area contributed by atoms with Crippen LogP contribution in [0.15, 0.2) is 34.2 Å². The number of halogens is 3. The molecule has 0 atom stereocenters. The van der Waals surface area contributed by atoms with Crippen molar-refractivity contribution in [3.05, 3.63) is 34.9 Å². The van der Waals surface area contributed by atoms with Crippen LogP contribution < -0.4 is 4.90 Å². The number of thioether (sulfide) groups is 1. The molecular weight excluding hydrogens is 311 g/mol. The minimum Gasteiger partial charge on any atom is -0.335 e. The van der Waals surface area contributed by atoms with Crippen LogP contribution in [0.4, 0.5) is 18.9 Å². The van der Waals surface area contributed by atoms with E-state index in [1.807, 2.05) is 5.41 Å². The van der Waals surface area contributed by atoms with Crippen molar-refractivity contribution in [1.29, 1.82) is 0 Å². The molecule has 0 fully saturated rings. The van der Waals surface area contributed by atoms with E-state index in [0.717, 1.165) is 24.1 Å². The molecule has 1 aromatic carbocycles. The van der Waals surface area contributed by atoms with Gasteiger partial charge in [-0.05, 0) is 30.5 Å². The Morgan fingerprint density at radius 3 is 2.40 bits per heavy atom. The molecule has 0 unspecified atom stereocenters. The molecule has 8 heteroatoms. The fourth-order valence-corrected chi connectivity index (χ4v) is 3.74. The first-order valence-electron chi connectivity index (χ1n) is 5.58. The van der Waals surface area contributed by atoms with Gasteiger partial charge in [0.15, 0.2) is 9.84 Å². The second kappa shape index (κ2) is 5.00. The zero-order valence-electron chi connectivity index (χ0n) is 10.7. The number of hydrogen-bond donors (Lipinski definition) is 0. The lowest BCUT2D eigenvalue weighted by Gasteiger charge is -2.21. The summed E-state index contributed by atoms with van der Waals surface area (Å²) in [6.07, 6.45) is -3.94. The van der Waals surface area contributed by atoms with E-state index in [0.29, 0.717) is 11.6 Å². The third-order valence-corrected chi connectivity index (χ3v) is 4.93. The number of sulfone groups is 1. The average Bonchev–Trinajstić information content (AvgIpc) is 2.72. The maximum absolute atomic E-state index is 13.0. The minimum absolute atomic E-state index is 0.337. The van der Waals surface area contributed by atoms with Gasteiger partial charge in [0, 0.05) is 17.6 Å². The molecule has 0 aliphatic carbocycles. The zero-order chi connectivity index (χ0) is 15.1. The Bertz CT molecular complexity index is 666. The van der Waals surface area contributed by atoms with Crippen LogP contribution in [-0.4, -0.2) is 20.6 Å². The van der Waals surface area contributed by atoms with Gasteiger partial charge in [0.2, 0.25) is 0 Å². The summed E-state index contributed by atoms with van der Waals surface area (Å²) in [4.78, 5) is 1.01. The molecule has 0 radical (unpaired) electrons. The van der Waals surface area contributed by atoms with Crippen LogP contribution >= 0.6 is 11.8 Å². The molecule has 1 heterocycles. The van der Waals surface area contributed by atoms with E-state index < -0.39 is 26.5 Å². The zero-order valence-corrected chi connectivity index (χ0v) is 12.4. The number of rotatable bonds is 2. The summed E-state index contributed by atoms with van der Waals surface area (Å²) < 4.78 is 62.1. The first-order valence-corrected chi connectivity index (χ1v) is 8.52. The van der Waals surface area contributed by atoms with Crippen LogP contribution in [0.2, 0.25) is 0 Å². The highest BCUT2D eigenvalue weighted by atomic mass is 32.2. The molecule has 2 rings (SSSR count). The Labute approximate surface area is 119 Å². The average molecular weight is 323 g/mol. The van der Waals surface area contributed by atoms with E-state index in [4.69, 9.17) is 0 Å². The molecule has 0 spiro atoms. The number of nitrogens with zero attached hydrogens (tertiary/aromatic N) is 1. The van der Waals surface area contributed by atoms with Crippen molar-refractivity contribution < 1.29 is 21.6 Å².